The summed E-state index contributed by atoms with van der Waals surface area (Å²) in [4.78, 5) is 11.0. The lowest BCUT2D eigenvalue weighted by atomic mass is 9.81. The number of Topliss-reactive ketones (excluding diaryl/α,β-unsaturated/α-hetero) is 1. The molecule has 0 aromatic heterocycles. The monoisotopic (exact) mass is 210 g/mol. The van der Waals surface area contributed by atoms with Crippen LogP contribution in [0.3, 0.4) is 0 Å². The van der Waals surface area contributed by atoms with Gasteiger partial charge in [0.05, 0.1) is 0 Å². The summed E-state index contributed by atoms with van der Waals surface area (Å²) in [6.45, 7) is 4.79. The van der Waals surface area contributed by atoms with Crippen LogP contribution < -0.4 is 0 Å². The first-order chi connectivity index (χ1) is 7.16. The van der Waals surface area contributed by atoms with Crippen molar-refractivity contribution in [2.45, 2.75) is 33.0 Å². The van der Waals surface area contributed by atoms with Crippen molar-refractivity contribution in [1.29, 1.82) is 0 Å². The Labute approximate surface area is 90.4 Å². The average molecular weight is 210 g/mol. The summed E-state index contributed by atoms with van der Waals surface area (Å²) in [6.07, 6.45) is 4.33. The molecule has 0 N–H and O–H groups in total. The van der Waals surface area contributed by atoms with Crippen LogP contribution in [0.2, 0.25) is 0 Å². The smallest absolute Gasteiger partial charge is 0.184 e. The molecular formula is C12H18O3. The van der Waals surface area contributed by atoms with Crippen molar-refractivity contribution in [3.63, 3.8) is 0 Å². The lowest BCUT2D eigenvalue weighted by Crippen LogP contribution is -2.40. The predicted octanol–water partition coefficient (Wildman–Crippen LogP) is 1.92. The Morgan fingerprint density at radius 3 is 2.60 bits per heavy atom. The highest BCUT2D eigenvalue weighted by Gasteiger charge is 2.32. The first-order valence-corrected chi connectivity index (χ1v) is 5.59. The number of ether oxygens (including phenoxy) is 2. The molecule has 2 atom stereocenters. The van der Waals surface area contributed by atoms with Crippen LogP contribution >= 0.6 is 0 Å². The molecule has 1 aliphatic heterocycles. The second kappa shape index (κ2) is 4.45. The molecule has 2 unspecified atom stereocenters. The Hall–Kier alpha value is -0.670. The van der Waals surface area contributed by atoms with Gasteiger partial charge in [-0.2, -0.15) is 0 Å². The summed E-state index contributed by atoms with van der Waals surface area (Å²) in [5.41, 5.74) is 1.45. The zero-order valence-corrected chi connectivity index (χ0v) is 9.36. The number of rotatable bonds is 1. The maximum Gasteiger partial charge on any atom is 0.184 e. The summed E-state index contributed by atoms with van der Waals surface area (Å²) < 4.78 is 10.9. The van der Waals surface area contributed by atoms with Gasteiger partial charge in [-0.3, -0.25) is 4.79 Å². The standard InChI is InChI=1S/C12H18O3/c1-8-3-4-11(9(2)5-8)12-14-6-10(13)7-15-12/h5,9,11-12H,3-4,6-7H2,1-2H3. The molecule has 1 fully saturated rings. The molecule has 1 heterocycles. The van der Waals surface area contributed by atoms with Gasteiger partial charge in [0.2, 0.25) is 0 Å². The first kappa shape index (κ1) is 10.8. The van der Waals surface area contributed by atoms with E-state index in [1.54, 1.807) is 0 Å². The molecule has 2 rings (SSSR count). The molecular weight excluding hydrogens is 192 g/mol. The molecule has 1 aliphatic carbocycles. The van der Waals surface area contributed by atoms with Crippen molar-refractivity contribution in [2.75, 3.05) is 13.2 Å². The van der Waals surface area contributed by atoms with Crippen LogP contribution in [0.1, 0.15) is 26.7 Å². The summed E-state index contributed by atoms with van der Waals surface area (Å²) in [5, 5.41) is 0. The molecule has 0 bridgehead atoms. The van der Waals surface area contributed by atoms with Gasteiger partial charge in [-0.15, -0.1) is 0 Å². The summed E-state index contributed by atoms with van der Waals surface area (Å²) in [6, 6.07) is 0. The third-order valence-electron chi connectivity index (χ3n) is 3.26. The highest BCUT2D eigenvalue weighted by atomic mass is 16.7. The molecule has 0 amide bonds. The van der Waals surface area contributed by atoms with Crippen LogP contribution in [0.5, 0.6) is 0 Å². The van der Waals surface area contributed by atoms with Gasteiger partial charge in [-0.1, -0.05) is 18.6 Å². The van der Waals surface area contributed by atoms with E-state index >= 15 is 0 Å². The highest BCUT2D eigenvalue weighted by molar-refractivity contribution is 5.81. The molecule has 84 valence electrons. The van der Waals surface area contributed by atoms with Gasteiger partial charge >= 0.3 is 0 Å². The molecule has 2 aliphatic rings. The second-order valence-corrected chi connectivity index (χ2v) is 4.60. The molecule has 0 aromatic carbocycles. The first-order valence-electron chi connectivity index (χ1n) is 5.59. The van der Waals surface area contributed by atoms with E-state index in [0.717, 1.165) is 12.8 Å². The molecule has 0 saturated carbocycles. The van der Waals surface area contributed by atoms with Gasteiger partial charge in [0.1, 0.15) is 13.2 Å². The molecule has 3 nitrogen and oxygen atoms in total. The van der Waals surface area contributed by atoms with Crippen LogP contribution in [0.15, 0.2) is 11.6 Å². The van der Waals surface area contributed by atoms with Gasteiger partial charge in [0.25, 0.3) is 0 Å². The van der Waals surface area contributed by atoms with Crippen LogP contribution in [0, 0.1) is 11.8 Å². The van der Waals surface area contributed by atoms with E-state index in [0.29, 0.717) is 11.8 Å². The Kier molecular flexibility index (Phi) is 3.22. The number of hydrogen-bond donors (Lipinski definition) is 0. The zero-order chi connectivity index (χ0) is 10.8. The van der Waals surface area contributed by atoms with Gasteiger partial charge < -0.3 is 9.47 Å². The third kappa shape index (κ3) is 2.47. The molecule has 3 heteroatoms. The SMILES string of the molecule is CC1=CC(C)C(C2OCC(=O)CO2)CC1. The number of allylic oxidation sites excluding steroid dienone is 2. The largest absolute Gasteiger partial charge is 0.344 e. The minimum absolute atomic E-state index is 0.0430. The maximum absolute atomic E-state index is 11.0. The maximum atomic E-state index is 11.0. The summed E-state index contributed by atoms with van der Waals surface area (Å²) in [5.74, 6) is 0.931. The van der Waals surface area contributed by atoms with Crippen LogP contribution in [0.4, 0.5) is 0 Å². The minimum atomic E-state index is -0.179. The highest BCUT2D eigenvalue weighted by Crippen LogP contribution is 2.33. The predicted molar refractivity (Wildman–Crippen MR) is 56.3 cm³/mol. The van der Waals surface area contributed by atoms with E-state index in [-0.39, 0.29) is 25.3 Å². The summed E-state index contributed by atoms with van der Waals surface area (Å²) in [7, 11) is 0. The van der Waals surface area contributed by atoms with Crippen LogP contribution in [0.25, 0.3) is 0 Å². The molecule has 0 spiro atoms. The second-order valence-electron chi connectivity index (χ2n) is 4.60. The van der Waals surface area contributed by atoms with E-state index < -0.39 is 0 Å². The minimum Gasteiger partial charge on any atom is -0.344 e. The van der Waals surface area contributed by atoms with E-state index in [2.05, 4.69) is 19.9 Å². The van der Waals surface area contributed by atoms with E-state index in [9.17, 15) is 4.79 Å². The van der Waals surface area contributed by atoms with Gasteiger partial charge in [-0.25, -0.2) is 0 Å². The van der Waals surface area contributed by atoms with Crippen molar-refractivity contribution in [3.05, 3.63) is 11.6 Å². The van der Waals surface area contributed by atoms with E-state index in [1.807, 2.05) is 0 Å². The van der Waals surface area contributed by atoms with E-state index in [4.69, 9.17) is 9.47 Å². The fourth-order valence-corrected chi connectivity index (χ4v) is 2.38. The number of carbonyl (C=O) groups is 1. The number of hydrogen-bond acceptors (Lipinski definition) is 3. The quantitative estimate of drug-likeness (QED) is 0.620. The molecule has 0 radical (unpaired) electrons. The van der Waals surface area contributed by atoms with Crippen LogP contribution in [-0.4, -0.2) is 25.3 Å². The Morgan fingerprint density at radius 2 is 2.00 bits per heavy atom. The van der Waals surface area contributed by atoms with Crippen molar-refractivity contribution < 1.29 is 14.3 Å². The van der Waals surface area contributed by atoms with Gasteiger partial charge in [0.15, 0.2) is 12.1 Å². The van der Waals surface area contributed by atoms with Crippen molar-refractivity contribution in [3.8, 4) is 0 Å². The molecule has 15 heavy (non-hydrogen) atoms. The number of ketones is 1. The fraction of sp³-hybridized carbons (Fsp3) is 0.750. The number of carbonyl (C=O) groups excluding carboxylic acids is 1. The summed E-state index contributed by atoms with van der Waals surface area (Å²) >= 11 is 0. The normalized spacial score (nSPS) is 34.0. The fourth-order valence-electron chi connectivity index (χ4n) is 2.38. The van der Waals surface area contributed by atoms with Crippen LogP contribution in [-0.2, 0) is 14.3 Å². The van der Waals surface area contributed by atoms with E-state index in [1.165, 1.54) is 5.57 Å². The third-order valence-corrected chi connectivity index (χ3v) is 3.26. The lowest BCUT2D eigenvalue weighted by molar-refractivity contribution is -0.209. The van der Waals surface area contributed by atoms with Gasteiger partial charge in [-0.05, 0) is 25.7 Å². The Morgan fingerprint density at radius 1 is 1.33 bits per heavy atom. The van der Waals surface area contributed by atoms with Crippen molar-refractivity contribution in [1.82, 2.24) is 0 Å². The van der Waals surface area contributed by atoms with Gasteiger partial charge in [0, 0.05) is 5.92 Å². The van der Waals surface area contributed by atoms with Crippen molar-refractivity contribution in [2.24, 2.45) is 11.8 Å². The van der Waals surface area contributed by atoms with Crippen molar-refractivity contribution >= 4 is 5.78 Å². The Bertz CT molecular complexity index is 273. The zero-order valence-electron chi connectivity index (χ0n) is 9.36. The molecule has 0 aromatic rings. The molecule has 1 saturated heterocycles. The Balaban J connectivity index is 1.97. The topological polar surface area (TPSA) is 35.5 Å². The lowest BCUT2D eigenvalue weighted by Gasteiger charge is -2.35. The average Bonchev–Trinajstić information content (AvgIpc) is 2.20.